The molecule has 0 saturated heterocycles. The van der Waals surface area contributed by atoms with Crippen molar-refractivity contribution in [1.82, 2.24) is 0 Å². The van der Waals surface area contributed by atoms with Crippen molar-refractivity contribution in [3.63, 3.8) is 0 Å². The average Bonchev–Trinajstić information content (AvgIpc) is 2.17. The molecule has 0 saturated carbocycles. The summed E-state index contributed by atoms with van der Waals surface area (Å²) in [5, 5.41) is 8.60. The number of hydrogen-bond donors (Lipinski definition) is 1. The number of carboxylic acid groups (broad SMARTS) is 1. The standard InChI is InChI=1S/C8H6O6S.4Na.4H/c9-7(10)5-2-1-3-6(4-5)8(11)14-15(12)13;;;;;;;;/h1-4H,(H,9,10)(H,12,13);;;;;;;;/q;4*+1;4*-1/p-1. The van der Waals surface area contributed by atoms with Crippen LogP contribution in [-0.4, -0.2) is 25.8 Å². The van der Waals surface area contributed by atoms with E-state index >= 15 is 0 Å². The minimum absolute atomic E-state index is 0. The van der Waals surface area contributed by atoms with Crippen molar-refractivity contribution in [2.75, 3.05) is 0 Å². The predicted molar refractivity (Wildman–Crippen MR) is 52.2 cm³/mol. The smallest absolute Gasteiger partial charge is 1.00 e. The molecule has 0 aliphatic rings. The molecule has 0 spiro atoms. The van der Waals surface area contributed by atoms with Crippen LogP contribution in [0.15, 0.2) is 24.3 Å². The van der Waals surface area contributed by atoms with Crippen LogP contribution in [0.4, 0.5) is 0 Å². The monoisotopic (exact) mass is 325 g/mol. The molecule has 11 heteroatoms. The van der Waals surface area contributed by atoms with Crippen molar-refractivity contribution in [2.45, 2.75) is 0 Å². The number of aromatic carboxylic acids is 1. The Morgan fingerprint density at radius 2 is 1.63 bits per heavy atom. The Morgan fingerprint density at radius 1 is 1.16 bits per heavy atom. The van der Waals surface area contributed by atoms with Gasteiger partial charge in [-0.15, -0.1) is 0 Å². The van der Waals surface area contributed by atoms with Crippen molar-refractivity contribution in [3.05, 3.63) is 35.4 Å². The Balaban J connectivity index is -0.0000000469. The fraction of sp³-hybridized carbons (Fsp3) is 0. The average molecular weight is 325 g/mol. The molecule has 88 valence electrons. The van der Waals surface area contributed by atoms with Gasteiger partial charge in [0.25, 0.3) is 0 Å². The van der Waals surface area contributed by atoms with E-state index in [1.807, 2.05) is 0 Å². The Labute approximate surface area is 207 Å². The first-order chi connectivity index (χ1) is 7.00. The second-order valence-corrected chi connectivity index (χ2v) is 3.04. The van der Waals surface area contributed by atoms with Crippen molar-refractivity contribution in [3.8, 4) is 0 Å². The molecule has 0 amide bonds. The molecule has 0 aromatic heterocycles. The number of benzene rings is 1. The molecule has 0 aliphatic heterocycles. The number of rotatable bonds is 3. The van der Waals surface area contributed by atoms with E-state index in [1.165, 1.54) is 18.2 Å². The van der Waals surface area contributed by atoms with E-state index in [4.69, 9.17) is 5.11 Å². The van der Waals surface area contributed by atoms with E-state index in [0.717, 1.165) is 6.07 Å². The summed E-state index contributed by atoms with van der Waals surface area (Å²) in [4.78, 5) is 21.5. The van der Waals surface area contributed by atoms with Crippen LogP contribution in [0.5, 0.6) is 0 Å². The number of carbonyl (C=O) groups excluding carboxylic acids is 1. The minimum Gasteiger partial charge on any atom is -1.00 e. The van der Waals surface area contributed by atoms with Gasteiger partial charge in [-0.1, -0.05) is 6.07 Å². The van der Waals surface area contributed by atoms with Crippen molar-refractivity contribution in [1.29, 1.82) is 0 Å². The first kappa shape index (κ1) is 29.3. The van der Waals surface area contributed by atoms with Crippen molar-refractivity contribution in [2.24, 2.45) is 0 Å². The second kappa shape index (κ2) is 15.2. The van der Waals surface area contributed by atoms with Gasteiger partial charge in [-0.25, -0.2) is 13.8 Å². The van der Waals surface area contributed by atoms with Gasteiger partial charge in [-0.05, 0) is 18.2 Å². The molecule has 1 aromatic carbocycles. The van der Waals surface area contributed by atoms with Gasteiger partial charge in [0.2, 0.25) is 0 Å². The third kappa shape index (κ3) is 11.5. The van der Waals surface area contributed by atoms with Gasteiger partial charge < -0.3 is 19.5 Å². The van der Waals surface area contributed by atoms with Gasteiger partial charge in [-0.3, -0.25) is 0 Å². The van der Waals surface area contributed by atoms with Gasteiger partial charge in [0.05, 0.1) is 11.1 Å². The van der Waals surface area contributed by atoms with Crippen LogP contribution in [0.2, 0.25) is 0 Å². The first-order valence-electron chi connectivity index (χ1n) is 3.66. The minimum atomic E-state index is -2.96. The summed E-state index contributed by atoms with van der Waals surface area (Å²) in [5.74, 6) is -2.33. The topological polar surface area (TPSA) is 104 Å². The van der Waals surface area contributed by atoms with Gasteiger partial charge in [-0.2, -0.15) is 0 Å². The zero-order chi connectivity index (χ0) is 11.4. The van der Waals surface area contributed by atoms with Crippen LogP contribution < -0.4 is 118 Å². The van der Waals surface area contributed by atoms with Crippen molar-refractivity contribution >= 4 is 23.3 Å². The van der Waals surface area contributed by atoms with Gasteiger partial charge in [0.1, 0.15) is 11.4 Å². The van der Waals surface area contributed by atoms with E-state index in [-0.39, 0.29) is 135 Å². The quantitative estimate of drug-likeness (QED) is 0.437. The van der Waals surface area contributed by atoms with E-state index in [9.17, 15) is 18.4 Å². The maximum absolute atomic E-state index is 11.0. The Hall–Kier alpha value is 2.27. The molecule has 0 radical (unpaired) electrons. The maximum Gasteiger partial charge on any atom is 1.00 e. The SMILES string of the molecule is O=C(O)c1cccc(C(=O)OS(=O)[O-])c1.[H-].[H-].[H-].[H-].[Na+].[Na+].[Na+].[Na+]. The molecular weight excluding hydrogens is 316 g/mol. The summed E-state index contributed by atoms with van der Waals surface area (Å²) in [7, 11) is 0. The van der Waals surface area contributed by atoms with Gasteiger partial charge in [0.15, 0.2) is 0 Å². The molecule has 1 unspecified atom stereocenters. The first-order valence-corrected chi connectivity index (χ1v) is 4.66. The molecule has 0 aliphatic carbocycles. The molecular formula is C8H9Na4O6S-. The molecule has 1 aromatic rings. The summed E-state index contributed by atoms with van der Waals surface area (Å²) in [6.45, 7) is 0. The van der Waals surface area contributed by atoms with E-state index < -0.39 is 23.3 Å². The van der Waals surface area contributed by atoms with Gasteiger partial charge in [0, 0.05) is 0 Å². The number of hydrogen-bond acceptors (Lipinski definition) is 5. The Bertz CT molecular complexity index is 456. The fourth-order valence-corrected chi connectivity index (χ4v) is 1.11. The van der Waals surface area contributed by atoms with Crippen LogP contribution in [0.1, 0.15) is 26.4 Å². The van der Waals surface area contributed by atoms with Crippen LogP contribution >= 0.6 is 0 Å². The predicted octanol–water partition coefficient (Wildman–Crippen LogP) is -11.2. The molecule has 0 bridgehead atoms. The summed E-state index contributed by atoms with van der Waals surface area (Å²) in [5.41, 5.74) is -0.264. The van der Waals surface area contributed by atoms with E-state index in [0.29, 0.717) is 0 Å². The molecule has 0 fully saturated rings. The van der Waals surface area contributed by atoms with E-state index in [2.05, 4.69) is 4.18 Å². The molecule has 1 atom stereocenters. The maximum atomic E-state index is 11.0. The van der Waals surface area contributed by atoms with Crippen molar-refractivity contribution < 1.29 is 152 Å². The third-order valence-electron chi connectivity index (χ3n) is 1.49. The zero-order valence-electron chi connectivity index (χ0n) is 15.2. The number of carboxylic acids is 1. The van der Waals surface area contributed by atoms with Crippen LogP contribution in [0.25, 0.3) is 0 Å². The summed E-state index contributed by atoms with van der Waals surface area (Å²) in [6.07, 6.45) is 0. The third-order valence-corrected chi connectivity index (χ3v) is 1.78. The van der Waals surface area contributed by atoms with Crippen LogP contribution in [0, 0.1) is 0 Å². The Kier molecular flexibility index (Phi) is 23.4. The largest absolute Gasteiger partial charge is 1.00 e. The molecule has 0 heterocycles. The molecule has 19 heavy (non-hydrogen) atoms. The molecule has 6 nitrogen and oxygen atoms in total. The summed E-state index contributed by atoms with van der Waals surface area (Å²) in [6, 6.07) is 4.86. The van der Waals surface area contributed by atoms with E-state index in [1.54, 1.807) is 0 Å². The van der Waals surface area contributed by atoms with Crippen LogP contribution in [-0.2, 0) is 15.5 Å². The fourth-order valence-electron chi connectivity index (χ4n) is 0.889. The summed E-state index contributed by atoms with van der Waals surface area (Å²) < 4.78 is 23.9. The molecule has 1 N–H and O–H groups in total. The summed E-state index contributed by atoms with van der Waals surface area (Å²) >= 11 is -2.96. The normalized spacial score (nSPS) is 9.32. The van der Waals surface area contributed by atoms with Gasteiger partial charge >= 0.3 is 130 Å². The molecule has 1 rings (SSSR count). The number of carbonyl (C=O) groups is 2. The zero-order valence-corrected chi connectivity index (χ0v) is 20.0. The van der Waals surface area contributed by atoms with Crippen LogP contribution in [0.3, 0.4) is 0 Å². The Morgan fingerprint density at radius 3 is 2.05 bits per heavy atom. The second-order valence-electron chi connectivity index (χ2n) is 2.46.